The number of hydrogen-bond acceptors (Lipinski definition) is 5. The second-order valence-electron chi connectivity index (χ2n) is 4.81. The van der Waals surface area contributed by atoms with Crippen molar-refractivity contribution in [2.75, 3.05) is 4.90 Å². The number of furan rings is 1. The minimum atomic E-state index is 0.651. The molecule has 3 heterocycles. The van der Waals surface area contributed by atoms with E-state index in [9.17, 15) is 0 Å². The highest BCUT2D eigenvalue weighted by atomic mass is 16.3. The lowest BCUT2D eigenvalue weighted by Crippen LogP contribution is -2.23. The molecule has 5 heteroatoms. The van der Waals surface area contributed by atoms with Crippen molar-refractivity contribution >= 4 is 5.82 Å². The maximum Gasteiger partial charge on any atom is 0.132 e. The molecule has 3 aromatic heterocycles. The van der Waals surface area contributed by atoms with Crippen molar-refractivity contribution in [2.45, 2.75) is 20.0 Å². The van der Waals surface area contributed by atoms with Crippen molar-refractivity contribution in [1.82, 2.24) is 15.0 Å². The van der Waals surface area contributed by atoms with E-state index in [-0.39, 0.29) is 0 Å². The summed E-state index contributed by atoms with van der Waals surface area (Å²) >= 11 is 0. The Balaban J connectivity index is 1.87. The third-order valence-electron chi connectivity index (χ3n) is 3.14. The van der Waals surface area contributed by atoms with Crippen molar-refractivity contribution in [2.24, 2.45) is 0 Å². The monoisotopic (exact) mass is 280 g/mol. The first-order chi connectivity index (χ1) is 10.3. The van der Waals surface area contributed by atoms with Gasteiger partial charge < -0.3 is 9.32 Å². The van der Waals surface area contributed by atoms with E-state index in [0.717, 1.165) is 22.8 Å². The molecule has 0 radical (unpaired) electrons. The number of anilines is 1. The van der Waals surface area contributed by atoms with Gasteiger partial charge in [-0.2, -0.15) is 0 Å². The third-order valence-corrected chi connectivity index (χ3v) is 3.14. The van der Waals surface area contributed by atoms with Gasteiger partial charge in [0.05, 0.1) is 12.8 Å². The van der Waals surface area contributed by atoms with Gasteiger partial charge in [0.15, 0.2) is 0 Å². The van der Waals surface area contributed by atoms with Crippen molar-refractivity contribution in [3.63, 3.8) is 0 Å². The highest BCUT2D eigenvalue weighted by Gasteiger charge is 2.12. The highest BCUT2D eigenvalue weighted by Crippen LogP contribution is 2.18. The van der Waals surface area contributed by atoms with Crippen molar-refractivity contribution in [3.05, 3.63) is 72.3 Å². The zero-order valence-corrected chi connectivity index (χ0v) is 11.8. The van der Waals surface area contributed by atoms with Crippen LogP contribution in [0.25, 0.3) is 0 Å². The normalized spacial score (nSPS) is 10.5. The van der Waals surface area contributed by atoms with E-state index in [1.807, 2.05) is 37.4 Å². The van der Waals surface area contributed by atoms with Gasteiger partial charge in [-0.05, 0) is 30.7 Å². The molecule has 0 aliphatic rings. The van der Waals surface area contributed by atoms with E-state index < -0.39 is 0 Å². The van der Waals surface area contributed by atoms with Gasteiger partial charge in [-0.3, -0.25) is 4.98 Å². The lowest BCUT2D eigenvalue weighted by atomic mass is 10.2. The van der Waals surface area contributed by atoms with E-state index in [2.05, 4.69) is 25.9 Å². The molecule has 3 aromatic rings. The summed E-state index contributed by atoms with van der Waals surface area (Å²) in [5.74, 6) is 1.78. The van der Waals surface area contributed by atoms with Gasteiger partial charge in [-0.25, -0.2) is 9.97 Å². The molecule has 0 aromatic carbocycles. The van der Waals surface area contributed by atoms with Crippen LogP contribution in [0, 0.1) is 6.92 Å². The zero-order valence-electron chi connectivity index (χ0n) is 11.8. The predicted octanol–water partition coefficient (Wildman–Crippen LogP) is 2.98. The molecule has 0 fully saturated rings. The summed E-state index contributed by atoms with van der Waals surface area (Å²) < 4.78 is 5.45. The van der Waals surface area contributed by atoms with Gasteiger partial charge >= 0.3 is 0 Å². The number of hydrogen-bond donors (Lipinski definition) is 0. The fourth-order valence-corrected chi connectivity index (χ4v) is 2.13. The van der Waals surface area contributed by atoms with Crippen molar-refractivity contribution in [1.29, 1.82) is 0 Å². The summed E-state index contributed by atoms with van der Waals surface area (Å²) in [4.78, 5) is 14.8. The highest BCUT2D eigenvalue weighted by molar-refractivity contribution is 5.40. The van der Waals surface area contributed by atoms with E-state index in [1.165, 1.54) is 0 Å². The lowest BCUT2D eigenvalue weighted by molar-refractivity contribution is 0.500. The van der Waals surface area contributed by atoms with Gasteiger partial charge in [0.1, 0.15) is 17.9 Å². The summed E-state index contributed by atoms with van der Waals surface area (Å²) in [7, 11) is 0. The van der Waals surface area contributed by atoms with Gasteiger partial charge in [-0.1, -0.05) is 6.07 Å². The van der Waals surface area contributed by atoms with Crippen LogP contribution in [0.1, 0.15) is 17.0 Å². The molecule has 0 bridgehead atoms. The van der Waals surface area contributed by atoms with Gasteiger partial charge in [0.2, 0.25) is 0 Å². The molecule has 0 spiro atoms. The Morgan fingerprint density at radius 1 is 1.14 bits per heavy atom. The quantitative estimate of drug-likeness (QED) is 0.719. The number of pyridine rings is 1. The number of rotatable bonds is 5. The predicted molar refractivity (Wildman–Crippen MR) is 79.6 cm³/mol. The molecule has 0 saturated heterocycles. The second kappa shape index (κ2) is 6.17. The van der Waals surface area contributed by atoms with Crippen molar-refractivity contribution < 1.29 is 4.42 Å². The van der Waals surface area contributed by atoms with Gasteiger partial charge in [-0.15, -0.1) is 0 Å². The molecule has 0 unspecified atom stereocenters. The summed E-state index contributed by atoms with van der Waals surface area (Å²) in [6.07, 6.45) is 6.91. The summed E-state index contributed by atoms with van der Waals surface area (Å²) in [5, 5.41) is 0. The SMILES string of the molecule is Cc1cc(N(Cc2cccnc2)Cc2ccco2)ncn1. The smallest absolute Gasteiger partial charge is 0.132 e. The molecule has 0 N–H and O–H groups in total. The Hall–Kier alpha value is -2.69. The van der Waals surface area contributed by atoms with E-state index in [1.54, 1.807) is 18.8 Å². The first kappa shape index (κ1) is 13.3. The zero-order chi connectivity index (χ0) is 14.5. The molecular weight excluding hydrogens is 264 g/mol. The third kappa shape index (κ3) is 3.45. The van der Waals surface area contributed by atoms with E-state index in [0.29, 0.717) is 13.1 Å². The van der Waals surface area contributed by atoms with Crippen LogP contribution in [-0.4, -0.2) is 15.0 Å². The molecule has 0 atom stereocenters. The molecule has 5 nitrogen and oxygen atoms in total. The molecular formula is C16H16N4O. The summed E-state index contributed by atoms with van der Waals surface area (Å²) in [6, 6.07) is 9.81. The van der Waals surface area contributed by atoms with Crippen LogP contribution in [0.5, 0.6) is 0 Å². The topological polar surface area (TPSA) is 55.1 Å². The van der Waals surface area contributed by atoms with E-state index in [4.69, 9.17) is 4.42 Å². The van der Waals surface area contributed by atoms with Gasteiger partial charge in [0, 0.05) is 30.7 Å². The first-order valence-electron chi connectivity index (χ1n) is 6.76. The average molecular weight is 280 g/mol. The average Bonchev–Trinajstić information content (AvgIpc) is 3.01. The molecule has 0 aliphatic heterocycles. The number of nitrogens with zero attached hydrogens (tertiary/aromatic N) is 4. The Morgan fingerprint density at radius 2 is 2.10 bits per heavy atom. The number of aryl methyl sites for hydroxylation is 1. The van der Waals surface area contributed by atoms with Crippen LogP contribution in [0.4, 0.5) is 5.82 Å². The Kier molecular flexibility index (Phi) is 3.91. The van der Waals surface area contributed by atoms with Gasteiger partial charge in [0.25, 0.3) is 0 Å². The van der Waals surface area contributed by atoms with Crippen molar-refractivity contribution in [3.8, 4) is 0 Å². The maximum atomic E-state index is 5.45. The number of aromatic nitrogens is 3. The second-order valence-corrected chi connectivity index (χ2v) is 4.81. The van der Waals surface area contributed by atoms with Crippen LogP contribution in [-0.2, 0) is 13.1 Å². The van der Waals surface area contributed by atoms with Crippen LogP contribution in [0.15, 0.2) is 59.7 Å². The molecule has 0 saturated carbocycles. The Morgan fingerprint density at radius 3 is 2.81 bits per heavy atom. The Bertz CT molecular complexity index is 683. The van der Waals surface area contributed by atoms with E-state index >= 15 is 0 Å². The summed E-state index contributed by atoms with van der Waals surface area (Å²) in [5.41, 5.74) is 2.07. The molecule has 21 heavy (non-hydrogen) atoms. The van der Waals surface area contributed by atoms with Crippen LogP contribution >= 0.6 is 0 Å². The van der Waals surface area contributed by atoms with Crippen LogP contribution in [0.2, 0.25) is 0 Å². The fourth-order valence-electron chi connectivity index (χ4n) is 2.13. The molecule has 0 aliphatic carbocycles. The summed E-state index contributed by atoms with van der Waals surface area (Å²) in [6.45, 7) is 3.32. The molecule has 0 amide bonds. The maximum absolute atomic E-state index is 5.45. The molecule has 3 rings (SSSR count). The minimum Gasteiger partial charge on any atom is -0.467 e. The van der Waals surface area contributed by atoms with Crippen LogP contribution in [0.3, 0.4) is 0 Å². The van der Waals surface area contributed by atoms with Crippen LogP contribution < -0.4 is 4.90 Å². The standard InChI is InChI=1S/C16H16N4O/c1-13-8-16(19-12-18-13)20(11-15-5-3-7-21-15)10-14-4-2-6-17-9-14/h2-9,12H,10-11H2,1H3. The fraction of sp³-hybridized carbons (Fsp3) is 0.188. The lowest BCUT2D eigenvalue weighted by Gasteiger charge is -2.22. The largest absolute Gasteiger partial charge is 0.467 e. The minimum absolute atomic E-state index is 0.651. The molecule has 106 valence electrons. The first-order valence-corrected chi connectivity index (χ1v) is 6.76. The Labute approximate surface area is 123 Å².